The molecule has 1 aromatic carbocycles. The summed E-state index contributed by atoms with van der Waals surface area (Å²) in [5.74, 6) is 1.24. The number of guanidine groups is 1. The Labute approximate surface area is 137 Å². The van der Waals surface area contributed by atoms with Crippen LogP contribution in [0.3, 0.4) is 0 Å². The van der Waals surface area contributed by atoms with Crippen molar-refractivity contribution in [2.24, 2.45) is 16.6 Å². The van der Waals surface area contributed by atoms with Gasteiger partial charge in [-0.1, -0.05) is 19.1 Å². The van der Waals surface area contributed by atoms with Gasteiger partial charge in [-0.3, -0.25) is 4.99 Å². The molecule has 1 aliphatic heterocycles. The second-order valence-electron chi connectivity index (χ2n) is 5.29. The maximum atomic E-state index is 12.8. The van der Waals surface area contributed by atoms with Crippen molar-refractivity contribution >= 4 is 29.9 Å². The van der Waals surface area contributed by atoms with Gasteiger partial charge in [-0.2, -0.15) is 0 Å². The molecule has 2 rings (SSSR count). The highest BCUT2D eigenvalue weighted by Gasteiger charge is 2.16. The zero-order valence-corrected chi connectivity index (χ0v) is 14.2. The third-order valence-electron chi connectivity index (χ3n) is 3.70. The van der Waals surface area contributed by atoms with Crippen LogP contribution in [0, 0.1) is 11.7 Å². The highest BCUT2D eigenvalue weighted by atomic mass is 127. The molecule has 0 saturated carbocycles. The molecule has 0 unspecified atom stereocenters. The van der Waals surface area contributed by atoms with E-state index in [4.69, 9.17) is 5.73 Å². The predicted octanol–water partition coefficient (Wildman–Crippen LogP) is 3.03. The molecule has 0 radical (unpaired) electrons. The highest BCUT2D eigenvalue weighted by Crippen LogP contribution is 2.15. The van der Waals surface area contributed by atoms with Gasteiger partial charge in [-0.05, 0) is 42.9 Å². The number of likely N-dealkylation sites (tertiary alicyclic amines) is 1. The maximum Gasteiger partial charge on any atom is 0.191 e. The normalized spacial score (nSPS) is 16.9. The summed E-state index contributed by atoms with van der Waals surface area (Å²) < 4.78 is 12.8. The van der Waals surface area contributed by atoms with Crippen molar-refractivity contribution < 1.29 is 4.39 Å². The summed E-state index contributed by atoms with van der Waals surface area (Å²) >= 11 is 0. The molecule has 0 amide bonds. The highest BCUT2D eigenvalue weighted by molar-refractivity contribution is 14.0. The van der Waals surface area contributed by atoms with Crippen LogP contribution in [0.15, 0.2) is 29.3 Å². The minimum absolute atomic E-state index is 0. The fourth-order valence-corrected chi connectivity index (χ4v) is 2.29. The van der Waals surface area contributed by atoms with Gasteiger partial charge in [0.15, 0.2) is 5.96 Å². The molecule has 0 spiro atoms. The van der Waals surface area contributed by atoms with Gasteiger partial charge < -0.3 is 10.6 Å². The molecule has 2 N–H and O–H groups in total. The first-order chi connectivity index (χ1) is 9.15. The molecule has 1 heterocycles. The molecule has 1 aromatic rings. The number of aliphatic imine (C=N–C) groups is 1. The third-order valence-corrected chi connectivity index (χ3v) is 3.70. The lowest BCUT2D eigenvalue weighted by Gasteiger charge is -2.31. The molecular formula is C15H23FIN3. The van der Waals surface area contributed by atoms with Crippen molar-refractivity contribution in [3.05, 3.63) is 35.6 Å². The van der Waals surface area contributed by atoms with Gasteiger partial charge in [0.2, 0.25) is 0 Å². The lowest BCUT2D eigenvalue weighted by Crippen LogP contribution is -2.42. The topological polar surface area (TPSA) is 41.6 Å². The zero-order valence-electron chi connectivity index (χ0n) is 11.9. The van der Waals surface area contributed by atoms with Crippen LogP contribution in [0.25, 0.3) is 0 Å². The fourth-order valence-electron chi connectivity index (χ4n) is 2.29. The molecule has 20 heavy (non-hydrogen) atoms. The molecular weight excluding hydrogens is 368 g/mol. The lowest BCUT2D eigenvalue weighted by molar-refractivity contribution is 0.277. The van der Waals surface area contributed by atoms with Crippen LogP contribution in [-0.2, 0) is 6.42 Å². The van der Waals surface area contributed by atoms with Crippen molar-refractivity contribution in [3.8, 4) is 0 Å². The Morgan fingerprint density at radius 3 is 2.50 bits per heavy atom. The largest absolute Gasteiger partial charge is 0.370 e. The SMILES string of the molecule is CC1CCN(C(N)=NCCc2ccc(F)cc2)CC1.I. The summed E-state index contributed by atoms with van der Waals surface area (Å²) in [6, 6.07) is 6.55. The van der Waals surface area contributed by atoms with Gasteiger partial charge in [0.1, 0.15) is 5.82 Å². The van der Waals surface area contributed by atoms with E-state index in [0.717, 1.165) is 31.0 Å². The molecule has 1 aliphatic rings. The van der Waals surface area contributed by atoms with Crippen LogP contribution < -0.4 is 5.73 Å². The molecule has 1 fully saturated rings. The Balaban J connectivity index is 0.00000200. The first-order valence-corrected chi connectivity index (χ1v) is 6.94. The van der Waals surface area contributed by atoms with E-state index in [1.54, 1.807) is 12.1 Å². The number of nitrogens with two attached hydrogens (primary N) is 1. The summed E-state index contributed by atoms with van der Waals surface area (Å²) in [6.07, 6.45) is 3.17. The molecule has 1 saturated heterocycles. The second-order valence-corrected chi connectivity index (χ2v) is 5.29. The average molecular weight is 391 g/mol. The first kappa shape index (κ1) is 17.2. The number of halogens is 2. The number of hydrogen-bond donors (Lipinski definition) is 1. The Kier molecular flexibility index (Phi) is 7.26. The number of hydrogen-bond acceptors (Lipinski definition) is 1. The molecule has 0 aliphatic carbocycles. The van der Waals surface area contributed by atoms with E-state index in [1.165, 1.54) is 25.0 Å². The quantitative estimate of drug-likeness (QED) is 0.489. The molecule has 0 aromatic heterocycles. The van der Waals surface area contributed by atoms with Gasteiger partial charge >= 0.3 is 0 Å². The van der Waals surface area contributed by atoms with Crippen LogP contribution in [0.1, 0.15) is 25.3 Å². The molecule has 0 bridgehead atoms. The Morgan fingerprint density at radius 1 is 1.30 bits per heavy atom. The standard InChI is InChI=1S/C15H22FN3.HI/c1-12-7-10-19(11-8-12)15(17)18-9-6-13-2-4-14(16)5-3-13;/h2-5,12H,6-11H2,1H3,(H2,17,18);1H. The number of piperidine rings is 1. The summed E-state index contributed by atoms with van der Waals surface area (Å²) in [4.78, 5) is 6.57. The van der Waals surface area contributed by atoms with Crippen molar-refractivity contribution in [2.75, 3.05) is 19.6 Å². The second kappa shape index (κ2) is 8.44. The summed E-state index contributed by atoms with van der Waals surface area (Å²) in [7, 11) is 0. The summed E-state index contributed by atoms with van der Waals surface area (Å²) in [5.41, 5.74) is 7.09. The third kappa shape index (κ3) is 5.26. The summed E-state index contributed by atoms with van der Waals surface area (Å²) in [6.45, 7) is 4.95. The predicted molar refractivity (Wildman–Crippen MR) is 92.0 cm³/mol. The Morgan fingerprint density at radius 2 is 1.90 bits per heavy atom. The maximum absolute atomic E-state index is 12.8. The zero-order chi connectivity index (χ0) is 13.7. The first-order valence-electron chi connectivity index (χ1n) is 6.94. The van der Waals surface area contributed by atoms with E-state index in [2.05, 4.69) is 16.8 Å². The van der Waals surface area contributed by atoms with Gasteiger partial charge in [0, 0.05) is 19.6 Å². The number of benzene rings is 1. The number of nitrogens with zero attached hydrogens (tertiary/aromatic N) is 2. The fraction of sp³-hybridized carbons (Fsp3) is 0.533. The van der Waals surface area contributed by atoms with Gasteiger partial charge in [0.25, 0.3) is 0 Å². The van der Waals surface area contributed by atoms with Crippen LogP contribution in [-0.4, -0.2) is 30.5 Å². The van der Waals surface area contributed by atoms with Crippen LogP contribution >= 0.6 is 24.0 Å². The van der Waals surface area contributed by atoms with E-state index >= 15 is 0 Å². The molecule has 3 nitrogen and oxygen atoms in total. The van der Waals surface area contributed by atoms with E-state index < -0.39 is 0 Å². The monoisotopic (exact) mass is 391 g/mol. The minimum atomic E-state index is -0.200. The minimum Gasteiger partial charge on any atom is -0.370 e. The van der Waals surface area contributed by atoms with Crippen molar-refractivity contribution in [1.82, 2.24) is 4.90 Å². The molecule has 112 valence electrons. The number of rotatable bonds is 3. The van der Waals surface area contributed by atoms with Crippen molar-refractivity contribution in [2.45, 2.75) is 26.2 Å². The van der Waals surface area contributed by atoms with Gasteiger partial charge in [-0.25, -0.2) is 4.39 Å². The van der Waals surface area contributed by atoms with Crippen molar-refractivity contribution in [3.63, 3.8) is 0 Å². The Bertz CT molecular complexity index is 425. The summed E-state index contributed by atoms with van der Waals surface area (Å²) in [5, 5.41) is 0. The average Bonchev–Trinajstić information content (AvgIpc) is 2.41. The smallest absolute Gasteiger partial charge is 0.191 e. The lowest BCUT2D eigenvalue weighted by atomic mass is 10.00. The van der Waals surface area contributed by atoms with E-state index in [-0.39, 0.29) is 29.8 Å². The van der Waals surface area contributed by atoms with E-state index in [0.29, 0.717) is 12.5 Å². The molecule has 5 heteroatoms. The van der Waals surface area contributed by atoms with Crippen LogP contribution in [0.4, 0.5) is 4.39 Å². The molecule has 0 atom stereocenters. The van der Waals surface area contributed by atoms with Gasteiger partial charge in [-0.15, -0.1) is 24.0 Å². The van der Waals surface area contributed by atoms with Crippen molar-refractivity contribution in [1.29, 1.82) is 0 Å². The van der Waals surface area contributed by atoms with E-state index in [1.807, 2.05) is 0 Å². The van der Waals surface area contributed by atoms with Crippen LogP contribution in [0.5, 0.6) is 0 Å². The van der Waals surface area contributed by atoms with Crippen LogP contribution in [0.2, 0.25) is 0 Å². The van der Waals surface area contributed by atoms with Gasteiger partial charge in [0.05, 0.1) is 0 Å². The van der Waals surface area contributed by atoms with E-state index in [9.17, 15) is 4.39 Å². The Hall–Kier alpha value is -0.850.